The normalized spacial score (nSPS) is 11.8. The summed E-state index contributed by atoms with van der Waals surface area (Å²) in [7, 11) is 1.20. The summed E-state index contributed by atoms with van der Waals surface area (Å²) < 4.78 is 11.8. The van der Waals surface area contributed by atoms with Gasteiger partial charge in [0.2, 0.25) is 5.91 Å². The van der Waals surface area contributed by atoms with Crippen LogP contribution in [-0.2, 0) is 16.1 Å². The Kier molecular flexibility index (Phi) is 6.15. The summed E-state index contributed by atoms with van der Waals surface area (Å²) in [4.78, 5) is 23.4. The largest absolute Gasteiger partial charge is 0.467 e. The number of aryl methyl sites for hydroxylation is 1. The highest BCUT2D eigenvalue weighted by Crippen LogP contribution is 2.28. The number of alkyl carbamates (subject to hydrolysis) is 1. The molecule has 2 aromatic heterocycles. The molecule has 0 spiro atoms. The maximum Gasteiger partial charge on any atom is 0.413 e. The van der Waals surface area contributed by atoms with Gasteiger partial charge in [0.15, 0.2) is 11.0 Å². The molecule has 1 atom stereocenters. The van der Waals surface area contributed by atoms with Crippen molar-refractivity contribution in [2.45, 2.75) is 30.8 Å². The fourth-order valence-corrected chi connectivity index (χ4v) is 3.39. The Labute approximate surface area is 166 Å². The Morgan fingerprint density at radius 3 is 2.79 bits per heavy atom. The molecule has 3 aromatic rings. The number of thioether (sulfide) groups is 1. The van der Waals surface area contributed by atoms with Crippen molar-refractivity contribution in [3.63, 3.8) is 0 Å². The molecule has 0 unspecified atom stereocenters. The van der Waals surface area contributed by atoms with Crippen LogP contribution in [0.25, 0.3) is 11.4 Å². The second-order valence-electron chi connectivity index (χ2n) is 6.08. The SMILES string of the molecule is COC(=O)NC(=O)[C@@H](C)Sc1nnc(-c2cccc(C)c2)n1Cc1ccco1. The van der Waals surface area contributed by atoms with E-state index in [0.29, 0.717) is 17.5 Å². The van der Waals surface area contributed by atoms with Crippen molar-refractivity contribution in [1.29, 1.82) is 0 Å². The second kappa shape index (κ2) is 8.75. The Morgan fingerprint density at radius 1 is 1.29 bits per heavy atom. The number of furan rings is 1. The van der Waals surface area contributed by atoms with Crippen LogP contribution in [0.3, 0.4) is 0 Å². The van der Waals surface area contributed by atoms with Gasteiger partial charge in [-0.3, -0.25) is 14.7 Å². The van der Waals surface area contributed by atoms with Gasteiger partial charge in [0, 0.05) is 5.56 Å². The molecule has 0 radical (unpaired) electrons. The maximum atomic E-state index is 12.2. The number of hydrogen-bond acceptors (Lipinski definition) is 7. The van der Waals surface area contributed by atoms with Crippen molar-refractivity contribution in [3.05, 3.63) is 54.0 Å². The van der Waals surface area contributed by atoms with Crippen molar-refractivity contribution >= 4 is 23.8 Å². The van der Waals surface area contributed by atoms with Gasteiger partial charge in [-0.15, -0.1) is 10.2 Å². The molecule has 0 aliphatic carbocycles. The van der Waals surface area contributed by atoms with Crippen LogP contribution in [0.2, 0.25) is 0 Å². The molecule has 28 heavy (non-hydrogen) atoms. The van der Waals surface area contributed by atoms with Crippen LogP contribution in [-0.4, -0.2) is 39.1 Å². The number of nitrogens with zero attached hydrogens (tertiary/aromatic N) is 3. The third-order valence-electron chi connectivity index (χ3n) is 3.95. The summed E-state index contributed by atoms with van der Waals surface area (Å²) in [5.41, 5.74) is 2.02. The molecule has 0 saturated carbocycles. The summed E-state index contributed by atoms with van der Waals surface area (Å²) in [5, 5.41) is 10.7. The predicted octanol–water partition coefficient (Wildman–Crippen LogP) is 3.26. The number of rotatable bonds is 6. The monoisotopic (exact) mass is 400 g/mol. The van der Waals surface area contributed by atoms with Crippen LogP contribution in [0.15, 0.2) is 52.2 Å². The first-order valence-electron chi connectivity index (χ1n) is 8.56. The van der Waals surface area contributed by atoms with Crippen molar-refractivity contribution in [3.8, 4) is 11.4 Å². The topological polar surface area (TPSA) is 99.2 Å². The first-order chi connectivity index (χ1) is 13.5. The van der Waals surface area contributed by atoms with E-state index in [1.807, 2.05) is 47.9 Å². The van der Waals surface area contributed by atoms with E-state index in [1.54, 1.807) is 13.2 Å². The molecule has 0 saturated heterocycles. The van der Waals surface area contributed by atoms with E-state index in [9.17, 15) is 9.59 Å². The van der Waals surface area contributed by atoms with E-state index in [0.717, 1.165) is 16.9 Å². The van der Waals surface area contributed by atoms with Gasteiger partial charge in [0.1, 0.15) is 5.76 Å². The Bertz CT molecular complexity index is 968. The zero-order valence-corrected chi connectivity index (χ0v) is 16.5. The van der Waals surface area contributed by atoms with E-state index in [-0.39, 0.29) is 0 Å². The number of ether oxygens (including phenoxy) is 1. The molecular formula is C19H20N4O4S. The summed E-state index contributed by atoms with van der Waals surface area (Å²) in [6, 6.07) is 11.6. The predicted molar refractivity (Wildman–Crippen MR) is 104 cm³/mol. The van der Waals surface area contributed by atoms with Crippen molar-refractivity contribution in [2.24, 2.45) is 0 Å². The third-order valence-corrected chi connectivity index (χ3v) is 5.03. The molecule has 0 bridgehead atoms. The van der Waals surface area contributed by atoms with Gasteiger partial charge in [0.05, 0.1) is 25.2 Å². The number of amides is 2. The average molecular weight is 400 g/mol. The lowest BCUT2D eigenvalue weighted by atomic mass is 10.1. The smallest absolute Gasteiger partial charge is 0.413 e. The molecule has 146 valence electrons. The quantitative estimate of drug-likeness (QED) is 0.634. The highest BCUT2D eigenvalue weighted by molar-refractivity contribution is 8.00. The fraction of sp³-hybridized carbons (Fsp3) is 0.263. The lowest BCUT2D eigenvalue weighted by Crippen LogP contribution is -2.36. The molecular weight excluding hydrogens is 380 g/mol. The van der Waals surface area contributed by atoms with E-state index >= 15 is 0 Å². The van der Waals surface area contributed by atoms with Crippen molar-refractivity contribution < 1.29 is 18.7 Å². The zero-order chi connectivity index (χ0) is 20.1. The van der Waals surface area contributed by atoms with Crippen molar-refractivity contribution in [1.82, 2.24) is 20.1 Å². The molecule has 0 aliphatic heterocycles. The molecule has 2 amide bonds. The van der Waals surface area contributed by atoms with Crippen molar-refractivity contribution in [2.75, 3.05) is 7.11 Å². The molecule has 9 heteroatoms. The number of hydrogen-bond donors (Lipinski definition) is 1. The van der Waals surface area contributed by atoms with E-state index in [4.69, 9.17) is 4.42 Å². The van der Waals surface area contributed by atoms with E-state index < -0.39 is 17.3 Å². The van der Waals surface area contributed by atoms with Crippen LogP contribution in [0.4, 0.5) is 4.79 Å². The molecule has 3 rings (SSSR count). The highest BCUT2D eigenvalue weighted by Gasteiger charge is 2.23. The molecule has 8 nitrogen and oxygen atoms in total. The zero-order valence-electron chi connectivity index (χ0n) is 15.7. The van der Waals surface area contributed by atoms with Crippen LogP contribution in [0.5, 0.6) is 0 Å². The number of imide groups is 1. The Balaban J connectivity index is 1.90. The van der Waals surface area contributed by atoms with Gasteiger partial charge in [-0.2, -0.15) is 0 Å². The average Bonchev–Trinajstić information content (AvgIpc) is 3.32. The molecule has 2 heterocycles. The molecule has 0 fully saturated rings. The number of nitrogens with one attached hydrogen (secondary N) is 1. The summed E-state index contributed by atoms with van der Waals surface area (Å²) in [6.07, 6.45) is 0.806. The molecule has 1 N–H and O–H groups in total. The number of carbonyl (C=O) groups excluding carboxylic acids is 2. The maximum absolute atomic E-state index is 12.2. The standard InChI is InChI=1S/C19H20N4O4S/c1-12-6-4-7-14(10-12)16-21-22-18(23(16)11-15-8-5-9-27-15)28-13(2)17(24)20-19(25)26-3/h4-10,13H,11H2,1-3H3,(H,20,24,25)/t13-/m1/s1. The van der Waals surface area contributed by atoms with Gasteiger partial charge < -0.3 is 9.15 Å². The highest BCUT2D eigenvalue weighted by atomic mass is 32.2. The van der Waals surface area contributed by atoms with E-state index in [2.05, 4.69) is 20.3 Å². The summed E-state index contributed by atoms with van der Waals surface area (Å²) in [5.74, 6) is 0.937. The molecule has 1 aromatic carbocycles. The van der Waals surface area contributed by atoms with E-state index in [1.165, 1.54) is 18.9 Å². The van der Waals surface area contributed by atoms with Gasteiger partial charge >= 0.3 is 6.09 Å². The van der Waals surface area contributed by atoms with Crippen LogP contribution < -0.4 is 5.32 Å². The lowest BCUT2D eigenvalue weighted by Gasteiger charge is -2.12. The minimum absolute atomic E-state index is 0.414. The minimum Gasteiger partial charge on any atom is -0.467 e. The molecule has 0 aliphatic rings. The van der Waals surface area contributed by atoms with Gasteiger partial charge in [-0.25, -0.2) is 4.79 Å². The van der Waals surface area contributed by atoms with Crippen LogP contribution >= 0.6 is 11.8 Å². The lowest BCUT2D eigenvalue weighted by molar-refractivity contribution is -0.119. The Hall–Kier alpha value is -3.07. The fourth-order valence-electron chi connectivity index (χ4n) is 2.54. The second-order valence-corrected chi connectivity index (χ2v) is 7.39. The van der Waals surface area contributed by atoms with Gasteiger partial charge in [0.25, 0.3) is 0 Å². The van der Waals surface area contributed by atoms with Gasteiger partial charge in [-0.1, -0.05) is 35.5 Å². The number of benzene rings is 1. The first kappa shape index (κ1) is 19.7. The number of aromatic nitrogens is 3. The Morgan fingerprint density at radius 2 is 2.11 bits per heavy atom. The number of carbonyl (C=O) groups is 2. The third kappa shape index (κ3) is 4.61. The van der Waals surface area contributed by atoms with Crippen LogP contribution in [0.1, 0.15) is 18.2 Å². The number of methoxy groups -OCH3 is 1. The summed E-state index contributed by atoms with van der Waals surface area (Å²) >= 11 is 1.20. The van der Waals surface area contributed by atoms with Gasteiger partial charge in [-0.05, 0) is 32.0 Å². The minimum atomic E-state index is -0.796. The summed E-state index contributed by atoms with van der Waals surface area (Å²) in [6.45, 7) is 4.10. The van der Waals surface area contributed by atoms with Crippen LogP contribution in [0, 0.1) is 6.92 Å². The first-order valence-corrected chi connectivity index (χ1v) is 9.44.